The standard InChI is InChI=1S/C43H51N2S/c1-8-27-44-37-21-15-13-19-35(37)42(4,5)39(44)25-23-32-29-31(3)30-33(41(32)46-34-17-11-10-12-18-34)24-26-40-43(6,7)36-20-14-16-22-38(36)45(40)28-9-2/h10-26,31H,8-9,27-30H2,1-7H3/q+1. The molecule has 0 spiro atoms. The number of hydrogen-bond acceptors (Lipinski definition) is 2. The van der Waals surface area contributed by atoms with Gasteiger partial charge in [0.15, 0.2) is 5.71 Å². The maximum Gasteiger partial charge on any atom is 0.209 e. The molecule has 3 aliphatic rings. The van der Waals surface area contributed by atoms with E-state index < -0.39 is 0 Å². The largest absolute Gasteiger partial charge is 0.344 e. The summed E-state index contributed by atoms with van der Waals surface area (Å²) in [7, 11) is 0. The van der Waals surface area contributed by atoms with E-state index in [1.807, 2.05) is 11.8 Å². The molecule has 1 unspecified atom stereocenters. The normalized spacial score (nSPS) is 22.0. The summed E-state index contributed by atoms with van der Waals surface area (Å²) >= 11 is 1.94. The van der Waals surface area contributed by atoms with E-state index in [0.29, 0.717) is 5.92 Å². The van der Waals surface area contributed by atoms with Gasteiger partial charge in [-0.25, -0.2) is 0 Å². The molecular weight excluding hydrogens is 577 g/mol. The van der Waals surface area contributed by atoms with Crippen LogP contribution < -0.4 is 4.90 Å². The van der Waals surface area contributed by atoms with Gasteiger partial charge in [-0.1, -0.05) is 113 Å². The summed E-state index contributed by atoms with van der Waals surface area (Å²) < 4.78 is 2.56. The van der Waals surface area contributed by atoms with Gasteiger partial charge in [-0.3, -0.25) is 0 Å². The first kappa shape index (κ1) is 32.4. The fourth-order valence-electron chi connectivity index (χ4n) is 7.81. The van der Waals surface area contributed by atoms with E-state index in [1.54, 1.807) is 0 Å². The highest BCUT2D eigenvalue weighted by Gasteiger charge is 2.44. The predicted molar refractivity (Wildman–Crippen MR) is 200 cm³/mol. The van der Waals surface area contributed by atoms with E-state index >= 15 is 0 Å². The maximum atomic E-state index is 2.56. The Hall–Kier alpha value is -3.56. The number of rotatable bonds is 9. The van der Waals surface area contributed by atoms with E-state index in [9.17, 15) is 0 Å². The number of allylic oxidation sites excluding steroid dienone is 7. The summed E-state index contributed by atoms with van der Waals surface area (Å²) in [6.45, 7) is 18.6. The summed E-state index contributed by atoms with van der Waals surface area (Å²) in [5, 5.41) is 0. The average molecular weight is 628 g/mol. The number of fused-ring (bicyclic) bond motifs is 2. The van der Waals surface area contributed by atoms with E-state index in [2.05, 4.69) is 161 Å². The van der Waals surface area contributed by atoms with Crippen LogP contribution in [0, 0.1) is 5.92 Å². The summed E-state index contributed by atoms with van der Waals surface area (Å²) in [5.41, 5.74) is 11.2. The van der Waals surface area contributed by atoms with Gasteiger partial charge in [-0.2, -0.15) is 4.58 Å². The first-order valence-corrected chi connectivity index (χ1v) is 18.2. The Labute approximate surface area is 282 Å². The van der Waals surface area contributed by atoms with Crippen molar-refractivity contribution in [1.82, 2.24) is 0 Å². The maximum absolute atomic E-state index is 2.56. The number of benzene rings is 3. The van der Waals surface area contributed by atoms with Crippen molar-refractivity contribution in [3.8, 4) is 0 Å². The Morgan fingerprint density at radius 3 is 2.22 bits per heavy atom. The highest BCUT2D eigenvalue weighted by atomic mass is 32.2. The van der Waals surface area contributed by atoms with Crippen LogP contribution in [0.5, 0.6) is 0 Å². The third-order valence-electron chi connectivity index (χ3n) is 10.1. The van der Waals surface area contributed by atoms with Crippen molar-refractivity contribution in [3.63, 3.8) is 0 Å². The fourth-order valence-corrected chi connectivity index (χ4v) is 8.90. The molecule has 1 aliphatic carbocycles. The number of anilines is 1. The Kier molecular flexibility index (Phi) is 9.35. The topological polar surface area (TPSA) is 6.25 Å². The van der Waals surface area contributed by atoms with Crippen LogP contribution in [0.1, 0.15) is 85.3 Å². The lowest BCUT2D eigenvalue weighted by molar-refractivity contribution is -0.437. The molecule has 0 saturated heterocycles. The van der Waals surface area contributed by atoms with Crippen LogP contribution in [0.3, 0.4) is 0 Å². The highest BCUT2D eigenvalue weighted by Crippen LogP contribution is 2.49. The molecule has 1 atom stereocenters. The third-order valence-corrected chi connectivity index (χ3v) is 11.3. The summed E-state index contributed by atoms with van der Waals surface area (Å²) in [5.74, 6) is 0.579. The summed E-state index contributed by atoms with van der Waals surface area (Å²) in [4.78, 5) is 5.28. The molecule has 2 heterocycles. The molecule has 6 rings (SSSR count). The zero-order valence-corrected chi connectivity index (χ0v) is 29.8. The van der Waals surface area contributed by atoms with Crippen molar-refractivity contribution in [2.45, 2.75) is 89.9 Å². The average Bonchev–Trinajstić information content (AvgIpc) is 3.39. The quantitative estimate of drug-likeness (QED) is 0.218. The van der Waals surface area contributed by atoms with Crippen molar-refractivity contribution in [1.29, 1.82) is 0 Å². The van der Waals surface area contributed by atoms with Gasteiger partial charge in [0.2, 0.25) is 5.69 Å². The van der Waals surface area contributed by atoms with Gasteiger partial charge in [-0.15, -0.1) is 0 Å². The molecule has 0 fully saturated rings. The van der Waals surface area contributed by atoms with Crippen LogP contribution in [-0.2, 0) is 10.8 Å². The predicted octanol–water partition coefficient (Wildman–Crippen LogP) is 11.5. The van der Waals surface area contributed by atoms with Crippen LogP contribution in [0.4, 0.5) is 11.4 Å². The molecule has 0 radical (unpaired) electrons. The molecule has 3 aromatic carbocycles. The van der Waals surface area contributed by atoms with Gasteiger partial charge in [0, 0.05) is 57.3 Å². The highest BCUT2D eigenvalue weighted by molar-refractivity contribution is 8.03. The minimum absolute atomic E-state index is 0.0370. The Bertz CT molecular complexity index is 1750. The van der Waals surface area contributed by atoms with Crippen LogP contribution in [-0.4, -0.2) is 23.4 Å². The van der Waals surface area contributed by atoms with Crippen molar-refractivity contribution in [3.05, 3.63) is 136 Å². The van der Waals surface area contributed by atoms with Gasteiger partial charge in [0.1, 0.15) is 6.54 Å². The Morgan fingerprint density at radius 2 is 1.48 bits per heavy atom. The van der Waals surface area contributed by atoms with Gasteiger partial charge in [0.25, 0.3) is 0 Å². The molecule has 238 valence electrons. The molecule has 0 aromatic heterocycles. The van der Waals surface area contributed by atoms with Crippen LogP contribution in [0.15, 0.2) is 130 Å². The lowest BCUT2D eigenvalue weighted by Crippen LogP contribution is -2.28. The van der Waals surface area contributed by atoms with E-state index in [1.165, 1.54) is 54.9 Å². The molecule has 0 amide bonds. The minimum Gasteiger partial charge on any atom is -0.344 e. The first-order valence-electron chi connectivity index (χ1n) is 17.3. The molecule has 0 bridgehead atoms. The zero-order valence-electron chi connectivity index (χ0n) is 28.9. The second kappa shape index (κ2) is 13.3. The zero-order chi connectivity index (χ0) is 32.5. The van der Waals surface area contributed by atoms with E-state index in [0.717, 1.165) is 38.8 Å². The number of thioether (sulfide) groups is 1. The molecular formula is C43H51N2S+. The number of para-hydroxylation sites is 2. The smallest absolute Gasteiger partial charge is 0.209 e. The lowest BCUT2D eigenvalue weighted by Gasteiger charge is -2.28. The fraction of sp³-hybridized carbons (Fsp3) is 0.372. The van der Waals surface area contributed by atoms with Crippen LogP contribution in [0.2, 0.25) is 0 Å². The molecule has 0 saturated carbocycles. The van der Waals surface area contributed by atoms with Crippen molar-refractivity contribution in [2.75, 3.05) is 18.0 Å². The second-order valence-electron chi connectivity index (χ2n) is 14.3. The summed E-state index contributed by atoms with van der Waals surface area (Å²) in [6, 6.07) is 28.9. The van der Waals surface area contributed by atoms with Crippen molar-refractivity contribution in [2.24, 2.45) is 5.92 Å². The third kappa shape index (κ3) is 5.99. The van der Waals surface area contributed by atoms with Gasteiger partial charge in [-0.05, 0) is 80.0 Å². The number of hydrogen-bond donors (Lipinski definition) is 0. The molecule has 2 nitrogen and oxygen atoms in total. The molecule has 0 N–H and O–H groups in total. The SMILES string of the molecule is CCCN1C(=CC=C2CC(C)CC(C=CC3=[N+](CCC)c4ccccc4C3(C)C)=C2Sc2ccccc2)C(C)(C)c2ccccc21. The molecule has 3 heteroatoms. The van der Waals surface area contributed by atoms with Crippen LogP contribution in [0.25, 0.3) is 0 Å². The molecule has 2 aliphatic heterocycles. The number of nitrogens with zero attached hydrogens (tertiary/aromatic N) is 2. The molecule has 3 aromatic rings. The monoisotopic (exact) mass is 627 g/mol. The summed E-state index contributed by atoms with van der Waals surface area (Å²) in [6.07, 6.45) is 14.2. The second-order valence-corrected chi connectivity index (χ2v) is 15.4. The first-order chi connectivity index (χ1) is 22.2. The molecule has 46 heavy (non-hydrogen) atoms. The van der Waals surface area contributed by atoms with Gasteiger partial charge < -0.3 is 4.90 Å². The van der Waals surface area contributed by atoms with Crippen molar-refractivity contribution >= 4 is 28.8 Å². The van der Waals surface area contributed by atoms with Gasteiger partial charge in [0.05, 0.1) is 5.41 Å². The Balaban J connectivity index is 1.46. The van der Waals surface area contributed by atoms with Crippen molar-refractivity contribution < 1.29 is 4.58 Å². The van der Waals surface area contributed by atoms with Gasteiger partial charge >= 0.3 is 0 Å². The van der Waals surface area contributed by atoms with E-state index in [-0.39, 0.29) is 10.8 Å². The van der Waals surface area contributed by atoms with E-state index in [4.69, 9.17) is 0 Å². The minimum atomic E-state index is -0.0370. The Morgan fingerprint density at radius 1 is 0.783 bits per heavy atom. The van der Waals surface area contributed by atoms with Crippen LogP contribution >= 0.6 is 11.8 Å². The lowest BCUT2D eigenvalue weighted by atomic mass is 9.80.